The molecule has 0 unspecified atom stereocenters. The van der Waals surface area contributed by atoms with E-state index in [2.05, 4.69) is 26.2 Å². The van der Waals surface area contributed by atoms with E-state index >= 15 is 0 Å². The zero-order valence-corrected chi connectivity index (χ0v) is 10.9. The Labute approximate surface area is 103 Å². The van der Waals surface area contributed by atoms with E-state index in [9.17, 15) is 4.79 Å². The summed E-state index contributed by atoms with van der Waals surface area (Å²) in [6.07, 6.45) is 3.87. The van der Waals surface area contributed by atoms with Gasteiger partial charge in [-0.25, -0.2) is 4.98 Å². The van der Waals surface area contributed by atoms with Gasteiger partial charge in [-0.1, -0.05) is 0 Å². The SMILES string of the molecule is CN(C)c1ncc(Br)cc1C(=O)NC1CC1. The normalized spacial score (nSPS) is 14.7. The number of nitrogens with one attached hydrogen (secondary N) is 1. The molecule has 1 fully saturated rings. The van der Waals surface area contributed by atoms with E-state index in [0.29, 0.717) is 17.4 Å². The summed E-state index contributed by atoms with van der Waals surface area (Å²) in [6, 6.07) is 2.17. The first kappa shape index (κ1) is 11.4. The van der Waals surface area contributed by atoms with Gasteiger partial charge in [-0.3, -0.25) is 4.79 Å². The highest BCUT2D eigenvalue weighted by molar-refractivity contribution is 9.10. The third-order valence-electron chi connectivity index (χ3n) is 2.41. The molecule has 0 aromatic carbocycles. The fraction of sp³-hybridized carbons (Fsp3) is 0.455. The first-order valence-electron chi connectivity index (χ1n) is 5.21. The number of halogens is 1. The number of hydrogen-bond acceptors (Lipinski definition) is 3. The highest BCUT2D eigenvalue weighted by Gasteiger charge is 2.25. The highest BCUT2D eigenvalue weighted by atomic mass is 79.9. The Morgan fingerprint density at radius 2 is 2.25 bits per heavy atom. The van der Waals surface area contributed by atoms with Crippen molar-refractivity contribution in [3.05, 3.63) is 22.3 Å². The Bertz CT molecular complexity index is 416. The van der Waals surface area contributed by atoms with Crippen molar-refractivity contribution in [2.24, 2.45) is 0 Å². The Kier molecular flexibility index (Phi) is 3.14. The Morgan fingerprint density at radius 1 is 1.56 bits per heavy atom. The summed E-state index contributed by atoms with van der Waals surface area (Å²) in [4.78, 5) is 18.1. The van der Waals surface area contributed by atoms with Crippen LogP contribution >= 0.6 is 15.9 Å². The Morgan fingerprint density at radius 3 is 2.81 bits per heavy atom. The van der Waals surface area contributed by atoms with Crippen molar-refractivity contribution in [1.82, 2.24) is 10.3 Å². The van der Waals surface area contributed by atoms with Crippen molar-refractivity contribution in [2.45, 2.75) is 18.9 Å². The second kappa shape index (κ2) is 4.41. The van der Waals surface area contributed by atoms with E-state index in [1.807, 2.05) is 19.0 Å². The number of nitrogens with zero attached hydrogens (tertiary/aromatic N) is 2. The molecule has 2 rings (SSSR count). The van der Waals surface area contributed by atoms with Crippen LogP contribution in [0.25, 0.3) is 0 Å². The number of rotatable bonds is 3. The van der Waals surface area contributed by atoms with Gasteiger partial charge in [0, 0.05) is 30.8 Å². The van der Waals surface area contributed by atoms with E-state index < -0.39 is 0 Å². The van der Waals surface area contributed by atoms with Gasteiger partial charge < -0.3 is 10.2 Å². The molecule has 0 radical (unpaired) electrons. The van der Waals surface area contributed by atoms with Crippen molar-refractivity contribution >= 4 is 27.7 Å². The summed E-state index contributed by atoms with van der Waals surface area (Å²) in [5.74, 6) is 0.654. The van der Waals surface area contributed by atoms with E-state index in [-0.39, 0.29) is 5.91 Å². The van der Waals surface area contributed by atoms with Gasteiger partial charge in [-0.2, -0.15) is 0 Å². The predicted molar refractivity (Wildman–Crippen MR) is 66.8 cm³/mol. The molecular weight excluding hydrogens is 270 g/mol. The Balaban J connectivity index is 2.28. The van der Waals surface area contributed by atoms with Gasteiger partial charge in [-0.05, 0) is 34.8 Å². The number of hydrogen-bond donors (Lipinski definition) is 1. The summed E-state index contributed by atoms with van der Waals surface area (Å²) >= 11 is 3.33. The minimum Gasteiger partial charge on any atom is -0.362 e. The van der Waals surface area contributed by atoms with Crippen molar-refractivity contribution in [3.8, 4) is 0 Å². The summed E-state index contributed by atoms with van der Waals surface area (Å²) < 4.78 is 0.819. The molecule has 0 aliphatic heterocycles. The van der Waals surface area contributed by atoms with E-state index in [4.69, 9.17) is 0 Å². The predicted octanol–water partition coefficient (Wildman–Crippen LogP) is 1.80. The minimum absolute atomic E-state index is 0.0417. The smallest absolute Gasteiger partial charge is 0.255 e. The second-order valence-electron chi connectivity index (χ2n) is 4.17. The zero-order valence-electron chi connectivity index (χ0n) is 9.33. The molecule has 4 nitrogen and oxygen atoms in total. The number of aromatic nitrogens is 1. The average molecular weight is 284 g/mol. The second-order valence-corrected chi connectivity index (χ2v) is 5.08. The van der Waals surface area contributed by atoms with Gasteiger partial charge in [0.25, 0.3) is 5.91 Å². The van der Waals surface area contributed by atoms with Crippen molar-refractivity contribution < 1.29 is 4.79 Å². The molecule has 1 aliphatic rings. The number of carbonyl (C=O) groups excluding carboxylic acids is 1. The van der Waals surface area contributed by atoms with Crippen LogP contribution in [0, 0.1) is 0 Å². The van der Waals surface area contributed by atoms with Crippen molar-refractivity contribution in [2.75, 3.05) is 19.0 Å². The molecule has 16 heavy (non-hydrogen) atoms. The van der Waals surface area contributed by atoms with Crippen molar-refractivity contribution in [3.63, 3.8) is 0 Å². The molecule has 0 spiro atoms. The van der Waals surface area contributed by atoms with Gasteiger partial charge in [-0.15, -0.1) is 0 Å². The molecule has 0 atom stereocenters. The molecule has 1 amide bonds. The third kappa shape index (κ3) is 2.52. The van der Waals surface area contributed by atoms with Crippen LogP contribution in [0.4, 0.5) is 5.82 Å². The number of amides is 1. The van der Waals surface area contributed by atoms with E-state index in [1.165, 1.54) is 0 Å². The van der Waals surface area contributed by atoms with Crippen LogP contribution in [0.15, 0.2) is 16.7 Å². The molecule has 1 aliphatic carbocycles. The standard InChI is InChI=1S/C11H14BrN3O/c1-15(2)10-9(5-7(12)6-13-10)11(16)14-8-3-4-8/h5-6,8H,3-4H2,1-2H3,(H,14,16). The zero-order chi connectivity index (χ0) is 11.7. The molecule has 1 heterocycles. The maximum absolute atomic E-state index is 12.0. The molecule has 86 valence electrons. The molecule has 0 saturated heterocycles. The summed E-state index contributed by atoms with van der Waals surface area (Å²) in [5.41, 5.74) is 0.617. The minimum atomic E-state index is -0.0417. The maximum atomic E-state index is 12.0. The lowest BCUT2D eigenvalue weighted by molar-refractivity contribution is 0.0951. The van der Waals surface area contributed by atoms with Gasteiger partial charge in [0.2, 0.25) is 0 Å². The summed E-state index contributed by atoms with van der Waals surface area (Å²) in [6.45, 7) is 0. The van der Waals surface area contributed by atoms with Gasteiger partial charge in [0.05, 0.1) is 5.56 Å². The van der Waals surface area contributed by atoms with E-state index in [0.717, 1.165) is 17.3 Å². The van der Waals surface area contributed by atoms with Crippen LogP contribution in [0.3, 0.4) is 0 Å². The average Bonchev–Trinajstić information content (AvgIpc) is 3.01. The fourth-order valence-electron chi connectivity index (χ4n) is 1.45. The molecule has 1 aromatic heterocycles. The largest absolute Gasteiger partial charge is 0.362 e. The van der Waals surface area contributed by atoms with Crippen molar-refractivity contribution in [1.29, 1.82) is 0 Å². The fourth-order valence-corrected chi connectivity index (χ4v) is 1.78. The molecule has 1 aromatic rings. The molecular formula is C11H14BrN3O. The first-order chi connectivity index (χ1) is 7.58. The molecule has 1 saturated carbocycles. The number of carbonyl (C=O) groups is 1. The van der Waals surface area contributed by atoms with Crippen LogP contribution in [0.2, 0.25) is 0 Å². The lowest BCUT2D eigenvalue weighted by Gasteiger charge is -2.15. The van der Waals surface area contributed by atoms with Gasteiger partial charge >= 0.3 is 0 Å². The van der Waals surface area contributed by atoms with Crippen LogP contribution in [-0.4, -0.2) is 31.0 Å². The maximum Gasteiger partial charge on any atom is 0.255 e. The Hall–Kier alpha value is -1.10. The number of anilines is 1. The van der Waals surface area contributed by atoms with E-state index in [1.54, 1.807) is 12.3 Å². The number of pyridine rings is 1. The molecule has 1 N–H and O–H groups in total. The third-order valence-corrected chi connectivity index (χ3v) is 2.85. The molecule has 0 bridgehead atoms. The highest BCUT2D eigenvalue weighted by Crippen LogP contribution is 2.23. The quantitative estimate of drug-likeness (QED) is 0.920. The van der Waals surface area contributed by atoms with Gasteiger partial charge in [0.15, 0.2) is 0 Å². The van der Waals surface area contributed by atoms with Crippen LogP contribution < -0.4 is 10.2 Å². The first-order valence-corrected chi connectivity index (χ1v) is 6.01. The van der Waals surface area contributed by atoms with Crippen LogP contribution in [0.1, 0.15) is 23.2 Å². The van der Waals surface area contributed by atoms with Gasteiger partial charge in [0.1, 0.15) is 5.82 Å². The summed E-state index contributed by atoms with van der Waals surface area (Å²) in [7, 11) is 3.76. The molecule has 5 heteroatoms. The monoisotopic (exact) mass is 283 g/mol. The topological polar surface area (TPSA) is 45.2 Å². The lowest BCUT2D eigenvalue weighted by atomic mass is 10.2. The van der Waals surface area contributed by atoms with Crippen LogP contribution in [-0.2, 0) is 0 Å². The summed E-state index contributed by atoms with van der Waals surface area (Å²) in [5, 5.41) is 2.97. The van der Waals surface area contributed by atoms with Crippen LogP contribution in [0.5, 0.6) is 0 Å². The lowest BCUT2D eigenvalue weighted by Crippen LogP contribution is -2.28.